The van der Waals surface area contributed by atoms with Crippen molar-refractivity contribution in [3.8, 4) is 5.75 Å². The lowest BCUT2D eigenvalue weighted by molar-refractivity contribution is -0.150. The number of benzene rings is 1. The van der Waals surface area contributed by atoms with Crippen LogP contribution in [-0.4, -0.2) is 67.3 Å². The van der Waals surface area contributed by atoms with Crippen molar-refractivity contribution in [3.63, 3.8) is 0 Å². The highest BCUT2D eigenvalue weighted by atomic mass is 16.5. The molecule has 1 amide bonds. The molecular weight excluding hydrogens is 340 g/mol. The third-order valence-electron chi connectivity index (χ3n) is 7.19. The topological polar surface area (TPSA) is 53.0 Å². The maximum atomic E-state index is 13.7. The first kappa shape index (κ1) is 18.8. The zero-order valence-corrected chi connectivity index (χ0v) is 16.6. The number of likely N-dealkylation sites (N-methyl/N-ethyl adjacent to an activating group) is 1. The van der Waals surface area contributed by atoms with E-state index < -0.39 is 0 Å². The minimum absolute atomic E-state index is 0.188. The molecule has 1 aromatic rings. The summed E-state index contributed by atoms with van der Waals surface area (Å²) in [6, 6.07) is 8.38. The summed E-state index contributed by atoms with van der Waals surface area (Å²) in [7, 11) is 3.76. The van der Waals surface area contributed by atoms with Crippen molar-refractivity contribution in [2.75, 3.05) is 40.4 Å². The molecule has 1 unspecified atom stereocenters. The van der Waals surface area contributed by atoms with E-state index in [1.54, 1.807) is 7.11 Å². The molecule has 4 rings (SSSR count). The Labute approximate surface area is 162 Å². The number of aliphatic hydroxyl groups is 1. The highest BCUT2D eigenvalue weighted by molar-refractivity contribution is 5.89. The number of amides is 1. The molecule has 2 heterocycles. The molecular formula is C22H32N2O3. The fourth-order valence-corrected chi connectivity index (χ4v) is 5.71. The van der Waals surface area contributed by atoms with E-state index in [4.69, 9.17) is 4.74 Å². The van der Waals surface area contributed by atoms with Crippen molar-refractivity contribution in [2.45, 2.75) is 50.0 Å². The average molecular weight is 373 g/mol. The zero-order chi connectivity index (χ0) is 19.1. The Kier molecular flexibility index (Phi) is 4.93. The van der Waals surface area contributed by atoms with Gasteiger partial charge in [0, 0.05) is 31.1 Å². The van der Waals surface area contributed by atoms with Gasteiger partial charge < -0.3 is 19.6 Å². The predicted octanol–water partition coefficient (Wildman–Crippen LogP) is 2.42. The van der Waals surface area contributed by atoms with Crippen molar-refractivity contribution in [1.29, 1.82) is 0 Å². The molecule has 2 saturated heterocycles. The SMILES string of the molecule is COc1ccc(C2(C(=O)N3CC4(CC(CO)N(C)C4)C3)CCCCC2)cc1. The zero-order valence-electron chi connectivity index (χ0n) is 16.6. The van der Waals surface area contributed by atoms with Crippen LogP contribution in [0.25, 0.3) is 0 Å². The predicted molar refractivity (Wildman–Crippen MR) is 105 cm³/mol. The quantitative estimate of drug-likeness (QED) is 0.882. The summed E-state index contributed by atoms with van der Waals surface area (Å²) in [6.07, 6.45) is 6.34. The van der Waals surface area contributed by atoms with E-state index >= 15 is 0 Å². The molecule has 0 bridgehead atoms. The molecule has 0 radical (unpaired) electrons. The van der Waals surface area contributed by atoms with E-state index in [1.807, 2.05) is 12.1 Å². The number of carbonyl (C=O) groups is 1. The summed E-state index contributed by atoms with van der Waals surface area (Å²) in [5.74, 6) is 1.15. The van der Waals surface area contributed by atoms with E-state index in [0.717, 1.165) is 63.1 Å². The lowest BCUT2D eigenvalue weighted by atomic mass is 9.66. The van der Waals surface area contributed by atoms with Gasteiger partial charge in [0.25, 0.3) is 0 Å². The van der Waals surface area contributed by atoms with Gasteiger partial charge in [0.1, 0.15) is 5.75 Å². The first-order chi connectivity index (χ1) is 13.0. The van der Waals surface area contributed by atoms with Crippen LogP contribution in [0, 0.1) is 5.41 Å². The second kappa shape index (κ2) is 7.10. The number of ether oxygens (including phenoxy) is 1. The fourth-order valence-electron chi connectivity index (χ4n) is 5.71. The number of nitrogens with zero attached hydrogens (tertiary/aromatic N) is 2. The van der Waals surface area contributed by atoms with Gasteiger partial charge in [-0.2, -0.15) is 0 Å². The van der Waals surface area contributed by atoms with Crippen LogP contribution in [0.1, 0.15) is 44.1 Å². The Hall–Kier alpha value is -1.59. The van der Waals surface area contributed by atoms with Gasteiger partial charge in [0.05, 0.1) is 19.1 Å². The Bertz CT molecular complexity index is 675. The Morgan fingerprint density at radius 3 is 2.37 bits per heavy atom. The highest BCUT2D eigenvalue weighted by Crippen LogP contribution is 2.47. The molecule has 2 aliphatic heterocycles. The summed E-state index contributed by atoms with van der Waals surface area (Å²) in [5.41, 5.74) is 0.964. The number of hydrogen-bond donors (Lipinski definition) is 1. The van der Waals surface area contributed by atoms with Crippen molar-refractivity contribution in [3.05, 3.63) is 29.8 Å². The lowest BCUT2D eigenvalue weighted by Crippen LogP contribution is -2.63. The molecule has 27 heavy (non-hydrogen) atoms. The van der Waals surface area contributed by atoms with Crippen LogP contribution in [-0.2, 0) is 10.2 Å². The second-order valence-electron chi connectivity index (χ2n) is 8.99. The van der Waals surface area contributed by atoms with E-state index in [9.17, 15) is 9.90 Å². The third-order valence-corrected chi connectivity index (χ3v) is 7.19. The van der Waals surface area contributed by atoms with E-state index in [2.05, 4.69) is 29.0 Å². The first-order valence-corrected chi connectivity index (χ1v) is 10.3. The number of hydrogen-bond acceptors (Lipinski definition) is 4. The molecule has 1 aromatic carbocycles. The van der Waals surface area contributed by atoms with Crippen LogP contribution < -0.4 is 4.74 Å². The van der Waals surface area contributed by atoms with E-state index in [1.165, 1.54) is 6.42 Å². The van der Waals surface area contributed by atoms with Crippen LogP contribution in [0.3, 0.4) is 0 Å². The van der Waals surface area contributed by atoms with Gasteiger partial charge in [-0.15, -0.1) is 0 Å². The number of aliphatic hydroxyl groups excluding tert-OH is 1. The summed E-state index contributed by atoms with van der Waals surface area (Å²) >= 11 is 0. The van der Waals surface area contributed by atoms with Gasteiger partial charge in [-0.05, 0) is 44.0 Å². The van der Waals surface area contributed by atoms with Gasteiger partial charge in [-0.25, -0.2) is 0 Å². The molecule has 1 saturated carbocycles. The maximum Gasteiger partial charge on any atom is 0.233 e. The summed E-state index contributed by atoms with van der Waals surface area (Å²) in [5, 5.41) is 9.57. The monoisotopic (exact) mass is 372 g/mol. The number of rotatable bonds is 4. The third kappa shape index (κ3) is 3.15. The summed E-state index contributed by atoms with van der Waals surface area (Å²) in [4.78, 5) is 18.0. The second-order valence-corrected chi connectivity index (χ2v) is 8.99. The molecule has 5 nitrogen and oxygen atoms in total. The molecule has 0 aromatic heterocycles. The van der Waals surface area contributed by atoms with Crippen molar-refractivity contribution in [2.24, 2.45) is 5.41 Å². The first-order valence-electron chi connectivity index (χ1n) is 10.3. The molecule has 3 aliphatic rings. The van der Waals surface area contributed by atoms with E-state index in [0.29, 0.717) is 5.91 Å². The number of likely N-dealkylation sites (tertiary alicyclic amines) is 2. The Morgan fingerprint density at radius 1 is 1.15 bits per heavy atom. The molecule has 1 spiro atoms. The highest BCUT2D eigenvalue weighted by Gasteiger charge is 2.55. The summed E-state index contributed by atoms with van der Waals surface area (Å²) < 4.78 is 5.30. The van der Waals surface area contributed by atoms with E-state index in [-0.39, 0.29) is 23.5 Å². The largest absolute Gasteiger partial charge is 0.497 e. The Balaban J connectivity index is 1.52. The average Bonchev–Trinajstić information content (AvgIpc) is 3.03. The van der Waals surface area contributed by atoms with Crippen molar-refractivity contribution in [1.82, 2.24) is 9.80 Å². The van der Waals surface area contributed by atoms with Crippen LogP contribution in [0.4, 0.5) is 0 Å². The molecule has 3 fully saturated rings. The summed E-state index contributed by atoms with van der Waals surface area (Å²) in [6.45, 7) is 2.87. The minimum Gasteiger partial charge on any atom is -0.497 e. The maximum absolute atomic E-state index is 13.7. The van der Waals surface area contributed by atoms with Crippen LogP contribution in [0.2, 0.25) is 0 Å². The molecule has 1 atom stereocenters. The molecule has 1 aliphatic carbocycles. The van der Waals surface area contributed by atoms with Crippen LogP contribution >= 0.6 is 0 Å². The van der Waals surface area contributed by atoms with Crippen molar-refractivity contribution >= 4 is 5.91 Å². The fraction of sp³-hybridized carbons (Fsp3) is 0.682. The van der Waals surface area contributed by atoms with Gasteiger partial charge in [0.15, 0.2) is 0 Å². The van der Waals surface area contributed by atoms with Gasteiger partial charge in [-0.3, -0.25) is 4.79 Å². The minimum atomic E-state index is -0.368. The van der Waals surface area contributed by atoms with Crippen LogP contribution in [0.15, 0.2) is 24.3 Å². The normalized spacial score (nSPS) is 26.8. The number of carbonyl (C=O) groups excluding carboxylic acids is 1. The molecule has 1 N–H and O–H groups in total. The molecule has 5 heteroatoms. The van der Waals surface area contributed by atoms with Gasteiger partial charge in [-0.1, -0.05) is 31.4 Å². The molecule has 148 valence electrons. The van der Waals surface area contributed by atoms with Crippen LogP contribution in [0.5, 0.6) is 5.75 Å². The number of methoxy groups -OCH3 is 1. The van der Waals surface area contributed by atoms with Crippen molar-refractivity contribution < 1.29 is 14.6 Å². The Morgan fingerprint density at radius 2 is 1.81 bits per heavy atom. The smallest absolute Gasteiger partial charge is 0.233 e. The van der Waals surface area contributed by atoms with Gasteiger partial charge >= 0.3 is 0 Å². The van der Waals surface area contributed by atoms with Gasteiger partial charge in [0.2, 0.25) is 5.91 Å². The standard InChI is InChI=1S/C22H32N2O3/c1-23-14-21(12-18(23)13-25)15-24(16-21)20(26)22(10-4-3-5-11-22)17-6-8-19(27-2)9-7-17/h6-9,18,25H,3-5,10-16H2,1-2H3. The lowest BCUT2D eigenvalue weighted by Gasteiger charge is -2.52.